The minimum absolute atomic E-state index is 0.0789. The lowest BCUT2D eigenvalue weighted by Gasteiger charge is -2.11. The highest BCUT2D eigenvalue weighted by atomic mass is 16.5. The number of hydrogen-bond acceptors (Lipinski definition) is 5. The number of esters is 1. The van der Waals surface area contributed by atoms with E-state index < -0.39 is 11.9 Å². The number of nitrogens with zero attached hydrogens (tertiary/aromatic N) is 1. The summed E-state index contributed by atoms with van der Waals surface area (Å²) in [7, 11) is 0. The fraction of sp³-hybridized carbons (Fsp3) is 0.333. The van der Waals surface area contributed by atoms with Gasteiger partial charge in [-0.2, -0.15) is 0 Å². The van der Waals surface area contributed by atoms with E-state index in [9.17, 15) is 14.4 Å². The van der Waals surface area contributed by atoms with Crippen LogP contribution >= 0.6 is 0 Å². The van der Waals surface area contributed by atoms with Gasteiger partial charge in [0.2, 0.25) is 0 Å². The Labute approximate surface area is 164 Å². The summed E-state index contributed by atoms with van der Waals surface area (Å²) in [5, 5.41) is 5.45. The normalized spacial score (nSPS) is 10.4. The second-order valence-corrected chi connectivity index (χ2v) is 6.57. The van der Waals surface area contributed by atoms with Crippen LogP contribution in [0, 0.1) is 5.92 Å². The van der Waals surface area contributed by atoms with Gasteiger partial charge in [-0.05, 0) is 43.5 Å². The molecule has 0 saturated heterocycles. The Hall–Kier alpha value is -3.22. The zero-order chi connectivity index (χ0) is 20.5. The number of ether oxygens (including phenoxy) is 1. The van der Waals surface area contributed by atoms with Crippen molar-refractivity contribution in [1.29, 1.82) is 0 Å². The van der Waals surface area contributed by atoms with Gasteiger partial charge in [-0.25, -0.2) is 9.78 Å². The first-order valence-electron chi connectivity index (χ1n) is 9.25. The third-order valence-electron chi connectivity index (χ3n) is 3.89. The Morgan fingerprint density at radius 1 is 1.00 bits per heavy atom. The number of anilines is 1. The second-order valence-electron chi connectivity index (χ2n) is 6.57. The summed E-state index contributed by atoms with van der Waals surface area (Å²) in [6, 6.07) is 11.2. The fourth-order valence-electron chi connectivity index (χ4n) is 2.42. The van der Waals surface area contributed by atoms with E-state index in [-0.39, 0.29) is 29.5 Å². The maximum Gasteiger partial charge on any atom is 0.340 e. The van der Waals surface area contributed by atoms with Gasteiger partial charge >= 0.3 is 5.97 Å². The topological polar surface area (TPSA) is 97.4 Å². The molecule has 2 rings (SSSR count). The van der Waals surface area contributed by atoms with Crippen LogP contribution < -0.4 is 10.6 Å². The number of pyridine rings is 1. The Kier molecular flexibility index (Phi) is 7.68. The summed E-state index contributed by atoms with van der Waals surface area (Å²) in [5.41, 5.74) is 0.810. The van der Waals surface area contributed by atoms with E-state index in [4.69, 9.17) is 4.74 Å². The van der Waals surface area contributed by atoms with Crippen LogP contribution in [0.4, 0.5) is 5.69 Å². The molecule has 0 spiro atoms. The van der Waals surface area contributed by atoms with Gasteiger partial charge in [0.15, 0.2) is 0 Å². The van der Waals surface area contributed by atoms with Crippen LogP contribution in [0.1, 0.15) is 58.5 Å². The quantitative estimate of drug-likeness (QED) is 0.682. The number of aromatic nitrogens is 1. The molecule has 148 valence electrons. The fourth-order valence-corrected chi connectivity index (χ4v) is 2.42. The van der Waals surface area contributed by atoms with Gasteiger partial charge in [0.05, 0.1) is 17.9 Å². The Morgan fingerprint density at radius 2 is 1.68 bits per heavy atom. The summed E-state index contributed by atoms with van der Waals surface area (Å²) in [6.45, 7) is 6.63. The highest BCUT2D eigenvalue weighted by Crippen LogP contribution is 2.17. The summed E-state index contributed by atoms with van der Waals surface area (Å²) in [4.78, 5) is 40.9. The molecule has 1 aromatic carbocycles. The SMILES string of the molecule is CCOC(=O)c1ccccc1NC(=O)c1cccc(C(=O)NCCC(C)C)n1. The molecule has 2 amide bonds. The van der Waals surface area contributed by atoms with Crippen molar-refractivity contribution in [2.24, 2.45) is 5.92 Å². The number of carbonyl (C=O) groups is 3. The van der Waals surface area contributed by atoms with E-state index in [0.717, 1.165) is 6.42 Å². The van der Waals surface area contributed by atoms with Crippen molar-refractivity contribution in [3.8, 4) is 0 Å². The molecule has 2 aromatic rings. The van der Waals surface area contributed by atoms with Crippen molar-refractivity contribution in [3.05, 3.63) is 59.4 Å². The lowest BCUT2D eigenvalue weighted by molar-refractivity contribution is 0.0527. The molecule has 0 aliphatic rings. The molecular formula is C21H25N3O4. The standard InChI is InChI=1S/C21H25N3O4/c1-4-28-21(27)15-8-5-6-9-16(15)24-20(26)18-11-7-10-17(23-18)19(25)22-13-12-14(2)3/h5-11,14H,4,12-13H2,1-3H3,(H,22,25)(H,24,26). The van der Waals surface area contributed by atoms with E-state index >= 15 is 0 Å². The zero-order valence-corrected chi connectivity index (χ0v) is 16.3. The van der Waals surface area contributed by atoms with Crippen molar-refractivity contribution in [2.75, 3.05) is 18.5 Å². The van der Waals surface area contributed by atoms with Crippen LogP contribution in [0.15, 0.2) is 42.5 Å². The van der Waals surface area contributed by atoms with Crippen LogP contribution in [-0.2, 0) is 4.74 Å². The van der Waals surface area contributed by atoms with Gasteiger partial charge < -0.3 is 15.4 Å². The molecule has 1 aromatic heterocycles. The maximum absolute atomic E-state index is 12.6. The minimum atomic E-state index is -0.523. The molecule has 2 N–H and O–H groups in total. The molecule has 0 atom stereocenters. The van der Waals surface area contributed by atoms with Crippen molar-refractivity contribution in [2.45, 2.75) is 27.2 Å². The number of rotatable bonds is 8. The molecule has 7 heteroatoms. The number of benzene rings is 1. The predicted molar refractivity (Wildman–Crippen MR) is 106 cm³/mol. The van der Waals surface area contributed by atoms with Gasteiger partial charge in [-0.15, -0.1) is 0 Å². The number of amides is 2. The minimum Gasteiger partial charge on any atom is -0.462 e. The molecule has 1 heterocycles. The van der Waals surface area contributed by atoms with E-state index in [0.29, 0.717) is 18.2 Å². The lowest BCUT2D eigenvalue weighted by Crippen LogP contribution is -2.27. The number of carbonyl (C=O) groups excluding carboxylic acids is 3. The first-order chi connectivity index (χ1) is 13.4. The maximum atomic E-state index is 12.6. The summed E-state index contributed by atoms with van der Waals surface area (Å²) in [5.74, 6) is -0.898. The molecule has 0 aliphatic heterocycles. The Morgan fingerprint density at radius 3 is 2.36 bits per heavy atom. The van der Waals surface area contributed by atoms with E-state index in [1.165, 1.54) is 6.07 Å². The molecule has 7 nitrogen and oxygen atoms in total. The molecule has 0 aliphatic carbocycles. The molecule has 0 radical (unpaired) electrons. The largest absolute Gasteiger partial charge is 0.462 e. The first kappa shape index (κ1) is 21.1. The molecule has 0 fully saturated rings. The summed E-state index contributed by atoms with van der Waals surface area (Å²) in [6.07, 6.45) is 0.858. The highest BCUT2D eigenvalue weighted by Gasteiger charge is 2.17. The average molecular weight is 383 g/mol. The van der Waals surface area contributed by atoms with Crippen LogP contribution in [0.25, 0.3) is 0 Å². The first-order valence-corrected chi connectivity index (χ1v) is 9.25. The van der Waals surface area contributed by atoms with Crippen molar-refractivity contribution < 1.29 is 19.1 Å². The van der Waals surface area contributed by atoms with Crippen molar-refractivity contribution in [1.82, 2.24) is 10.3 Å². The molecule has 28 heavy (non-hydrogen) atoms. The van der Waals surface area contributed by atoms with Crippen molar-refractivity contribution in [3.63, 3.8) is 0 Å². The van der Waals surface area contributed by atoms with Crippen LogP contribution in [-0.4, -0.2) is 35.9 Å². The summed E-state index contributed by atoms with van der Waals surface area (Å²) >= 11 is 0. The second kappa shape index (κ2) is 10.2. The van der Waals surface area contributed by atoms with Gasteiger partial charge in [-0.3, -0.25) is 9.59 Å². The third-order valence-corrected chi connectivity index (χ3v) is 3.89. The van der Waals surface area contributed by atoms with Crippen LogP contribution in [0.5, 0.6) is 0 Å². The van der Waals surface area contributed by atoms with E-state index in [2.05, 4.69) is 29.5 Å². The lowest BCUT2D eigenvalue weighted by atomic mass is 10.1. The average Bonchev–Trinajstić information content (AvgIpc) is 2.68. The monoisotopic (exact) mass is 383 g/mol. The molecular weight excluding hydrogens is 358 g/mol. The predicted octanol–water partition coefficient (Wildman–Crippen LogP) is 3.29. The van der Waals surface area contributed by atoms with Crippen molar-refractivity contribution >= 4 is 23.5 Å². The zero-order valence-electron chi connectivity index (χ0n) is 16.3. The van der Waals surface area contributed by atoms with E-state index in [1.54, 1.807) is 43.3 Å². The molecule has 0 saturated carbocycles. The number of para-hydroxylation sites is 1. The van der Waals surface area contributed by atoms with Gasteiger partial charge in [0.25, 0.3) is 11.8 Å². The number of hydrogen-bond donors (Lipinski definition) is 2. The van der Waals surface area contributed by atoms with Gasteiger partial charge in [-0.1, -0.05) is 32.0 Å². The molecule has 0 unspecified atom stereocenters. The smallest absolute Gasteiger partial charge is 0.340 e. The molecule has 0 bridgehead atoms. The number of nitrogens with one attached hydrogen (secondary N) is 2. The third kappa shape index (κ3) is 5.90. The van der Waals surface area contributed by atoms with Gasteiger partial charge in [0, 0.05) is 6.54 Å². The Balaban J connectivity index is 2.12. The van der Waals surface area contributed by atoms with Crippen LogP contribution in [0.3, 0.4) is 0 Å². The highest BCUT2D eigenvalue weighted by molar-refractivity contribution is 6.07. The van der Waals surface area contributed by atoms with Crippen LogP contribution in [0.2, 0.25) is 0 Å². The van der Waals surface area contributed by atoms with E-state index in [1.807, 2.05) is 0 Å². The Bertz CT molecular complexity index is 849. The van der Waals surface area contributed by atoms with Gasteiger partial charge in [0.1, 0.15) is 11.4 Å². The summed E-state index contributed by atoms with van der Waals surface area (Å²) < 4.78 is 5.00.